The molecule has 1 aliphatic carbocycles. The third-order valence-electron chi connectivity index (χ3n) is 7.05. The molecule has 3 heterocycles. The molecule has 188 valence electrons. The number of hydrogen-bond donors (Lipinski definition) is 0. The van der Waals surface area contributed by atoms with Crippen LogP contribution in [0.2, 0.25) is 0 Å². The van der Waals surface area contributed by atoms with Crippen molar-refractivity contribution in [2.45, 2.75) is 37.3 Å². The van der Waals surface area contributed by atoms with E-state index in [1.165, 1.54) is 26.5 Å². The summed E-state index contributed by atoms with van der Waals surface area (Å²) in [5.41, 5.74) is 1.73. The molecule has 1 unspecified atom stereocenters. The zero-order valence-corrected chi connectivity index (χ0v) is 21.8. The van der Waals surface area contributed by atoms with Crippen molar-refractivity contribution in [1.29, 1.82) is 0 Å². The highest BCUT2D eigenvalue weighted by atomic mass is 35.5. The SMILES string of the molecule is COc1cc(F)c(C23C[C@@H]2CN(CCCSc2nnc(-c4ocnc4C)n2C)C3)cc1C(C)=O.Cl. The number of aromatic nitrogens is 4. The minimum Gasteiger partial charge on any atom is -0.496 e. The summed E-state index contributed by atoms with van der Waals surface area (Å²) in [6.07, 6.45) is 3.38. The second-order valence-electron chi connectivity index (χ2n) is 9.21. The lowest BCUT2D eigenvalue weighted by Gasteiger charge is -2.22. The Balaban J connectivity index is 0.00000289. The van der Waals surface area contributed by atoms with Gasteiger partial charge in [0.15, 0.2) is 23.1 Å². The molecule has 2 aromatic heterocycles. The highest BCUT2D eigenvalue weighted by Crippen LogP contribution is 2.60. The molecule has 1 aromatic carbocycles. The number of Topliss-reactive ketones (excluding diaryl/α,β-unsaturated/α-hetero) is 1. The molecule has 0 amide bonds. The highest BCUT2D eigenvalue weighted by molar-refractivity contribution is 7.99. The smallest absolute Gasteiger partial charge is 0.202 e. The molecule has 1 saturated heterocycles. The Morgan fingerprint density at radius 2 is 2.17 bits per heavy atom. The standard InChI is InChI=1S/C24H28FN5O3S.ClH/c1-14-21(33-13-26-14)22-27-28-23(29(22)3)34-7-5-6-30-11-16-10-24(16,12-30)18-8-17(15(2)31)20(32-4)9-19(18)25;/h8-9,13,16H,5-7,10-12H2,1-4H3;1H/t16-,24?;/m1./s1. The Bertz CT molecular complexity index is 1250. The minimum absolute atomic E-state index is 0. The summed E-state index contributed by atoms with van der Waals surface area (Å²) in [4.78, 5) is 18.6. The Hall–Kier alpha value is -2.43. The first-order valence-corrected chi connectivity index (χ1v) is 12.4. The monoisotopic (exact) mass is 521 g/mol. The molecule has 0 N–H and O–H groups in total. The number of carbonyl (C=O) groups is 1. The number of thioether (sulfide) groups is 1. The number of halogens is 2. The number of ether oxygens (including phenoxy) is 1. The predicted octanol–water partition coefficient (Wildman–Crippen LogP) is 4.31. The number of methoxy groups -OCH3 is 1. The van der Waals surface area contributed by atoms with Crippen LogP contribution in [0.4, 0.5) is 4.39 Å². The lowest BCUT2D eigenvalue weighted by atomic mass is 9.91. The van der Waals surface area contributed by atoms with E-state index in [1.54, 1.807) is 17.8 Å². The van der Waals surface area contributed by atoms with Crippen LogP contribution >= 0.6 is 24.2 Å². The number of ketones is 1. The predicted molar refractivity (Wildman–Crippen MR) is 133 cm³/mol. The molecule has 2 atom stereocenters. The molecule has 35 heavy (non-hydrogen) atoms. The van der Waals surface area contributed by atoms with Gasteiger partial charge >= 0.3 is 0 Å². The summed E-state index contributed by atoms with van der Waals surface area (Å²) >= 11 is 1.66. The minimum atomic E-state index is -0.276. The summed E-state index contributed by atoms with van der Waals surface area (Å²) < 4.78 is 27.5. The van der Waals surface area contributed by atoms with Gasteiger partial charge in [0, 0.05) is 37.4 Å². The zero-order valence-electron chi connectivity index (χ0n) is 20.2. The highest BCUT2D eigenvalue weighted by Gasteiger charge is 2.61. The second kappa shape index (κ2) is 9.91. The van der Waals surface area contributed by atoms with E-state index in [2.05, 4.69) is 20.1 Å². The van der Waals surface area contributed by atoms with Crippen LogP contribution in [0.5, 0.6) is 5.75 Å². The van der Waals surface area contributed by atoms with Gasteiger partial charge in [-0.3, -0.25) is 4.79 Å². The van der Waals surface area contributed by atoms with E-state index in [-0.39, 0.29) is 29.4 Å². The van der Waals surface area contributed by atoms with Crippen molar-refractivity contribution in [3.63, 3.8) is 0 Å². The number of oxazole rings is 1. The van der Waals surface area contributed by atoms with E-state index in [0.29, 0.717) is 34.4 Å². The number of piperidine rings is 1. The number of aryl methyl sites for hydroxylation is 1. The van der Waals surface area contributed by atoms with Gasteiger partial charge in [0.05, 0.1) is 18.4 Å². The molecule has 0 bridgehead atoms. The first-order chi connectivity index (χ1) is 16.3. The summed E-state index contributed by atoms with van der Waals surface area (Å²) in [6.45, 7) is 6.10. The first-order valence-electron chi connectivity index (χ1n) is 11.4. The Kier molecular flexibility index (Phi) is 7.26. The molecule has 2 aliphatic rings. The van der Waals surface area contributed by atoms with Crippen LogP contribution in [0.25, 0.3) is 11.6 Å². The normalized spacial score (nSPS) is 21.0. The fourth-order valence-corrected chi connectivity index (χ4v) is 6.00. The topological polar surface area (TPSA) is 86.3 Å². The number of likely N-dealkylation sites (tertiary alicyclic amines) is 1. The molecule has 0 radical (unpaired) electrons. The van der Waals surface area contributed by atoms with E-state index in [4.69, 9.17) is 9.15 Å². The lowest BCUT2D eigenvalue weighted by molar-refractivity contribution is 0.101. The molecular formula is C24H29ClFN5O3S. The number of rotatable bonds is 9. The van der Waals surface area contributed by atoms with Gasteiger partial charge in [0.2, 0.25) is 5.82 Å². The zero-order chi connectivity index (χ0) is 24.0. The molecule has 0 spiro atoms. The van der Waals surface area contributed by atoms with Gasteiger partial charge in [-0.15, -0.1) is 22.6 Å². The maximum Gasteiger partial charge on any atom is 0.202 e. The lowest BCUT2D eigenvalue weighted by Crippen LogP contribution is -2.28. The van der Waals surface area contributed by atoms with Crippen LogP contribution in [0.15, 0.2) is 28.1 Å². The van der Waals surface area contributed by atoms with E-state index in [0.717, 1.165) is 49.1 Å². The molecule has 1 aliphatic heterocycles. The molecule has 1 saturated carbocycles. The maximum absolute atomic E-state index is 15.0. The second-order valence-corrected chi connectivity index (χ2v) is 10.3. The quantitative estimate of drug-likeness (QED) is 0.234. The van der Waals surface area contributed by atoms with E-state index >= 15 is 0 Å². The third-order valence-corrected chi connectivity index (χ3v) is 8.16. The van der Waals surface area contributed by atoms with Gasteiger partial charge in [0.1, 0.15) is 11.6 Å². The largest absolute Gasteiger partial charge is 0.496 e. The summed E-state index contributed by atoms with van der Waals surface area (Å²) in [7, 11) is 3.39. The first kappa shape index (κ1) is 25.7. The molecule has 8 nitrogen and oxygen atoms in total. The van der Waals surface area contributed by atoms with Gasteiger partial charge in [0.25, 0.3) is 0 Å². The van der Waals surface area contributed by atoms with Crippen molar-refractivity contribution in [2.24, 2.45) is 13.0 Å². The Morgan fingerprint density at radius 1 is 1.37 bits per heavy atom. The van der Waals surface area contributed by atoms with Gasteiger partial charge < -0.3 is 18.6 Å². The molecular weight excluding hydrogens is 493 g/mol. The van der Waals surface area contributed by atoms with Gasteiger partial charge in [-0.25, -0.2) is 9.37 Å². The van der Waals surface area contributed by atoms with Crippen LogP contribution in [0.1, 0.15) is 41.4 Å². The molecule has 11 heteroatoms. The van der Waals surface area contributed by atoms with Gasteiger partial charge in [-0.05, 0) is 50.8 Å². The van der Waals surface area contributed by atoms with Crippen molar-refractivity contribution < 1.29 is 18.3 Å². The number of benzene rings is 1. The average Bonchev–Trinajstić information content (AvgIpc) is 3.10. The van der Waals surface area contributed by atoms with E-state index in [9.17, 15) is 9.18 Å². The van der Waals surface area contributed by atoms with Crippen LogP contribution in [-0.4, -0.2) is 62.9 Å². The number of fused-ring (bicyclic) bond motifs is 1. The van der Waals surface area contributed by atoms with Crippen molar-refractivity contribution in [3.05, 3.63) is 41.2 Å². The van der Waals surface area contributed by atoms with Crippen LogP contribution in [0.3, 0.4) is 0 Å². The van der Waals surface area contributed by atoms with Crippen LogP contribution in [-0.2, 0) is 12.5 Å². The average molecular weight is 522 g/mol. The van der Waals surface area contributed by atoms with Crippen molar-refractivity contribution in [3.8, 4) is 17.3 Å². The molecule has 5 rings (SSSR count). The maximum atomic E-state index is 15.0. The summed E-state index contributed by atoms with van der Waals surface area (Å²) in [5, 5.41) is 9.38. The van der Waals surface area contributed by atoms with Gasteiger partial charge in [-0.1, -0.05) is 11.8 Å². The number of nitrogens with zero attached hydrogens (tertiary/aromatic N) is 5. The van der Waals surface area contributed by atoms with E-state index in [1.807, 2.05) is 18.5 Å². The van der Waals surface area contributed by atoms with Crippen LogP contribution in [0, 0.1) is 18.7 Å². The summed E-state index contributed by atoms with van der Waals surface area (Å²) in [5.74, 6) is 2.58. The number of carbonyl (C=O) groups excluding carboxylic acids is 1. The molecule has 2 fully saturated rings. The van der Waals surface area contributed by atoms with Crippen molar-refractivity contribution in [2.75, 3.05) is 32.5 Å². The Labute approximate surface area is 214 Å². The van der Waals surface area contributed by atoms with Gasteiger partial charge in [-0.2, -0.15) is 0 Å². The fraction of sp³-hybridized carbons (Fsp3) is 0.500. The van der Waals surface area contributed by atoms with E-state index < -0.39 is 0 Å². The van der Waals surface area contributed by atoms with Crippen molar-refractivity contribution in [1.82, 2.24) is 24.6 Å². The molecule has 3 aromatic rings. The summed E-state index contributed by atoms with van der Waals surface area (Å²) in [6, 6.07) is 3.09. The van der Waals surface area contributed by atoms with Crippen LogP contribution < -0.4 is 4.74 Å². The third kappa shape index (κ3) is 4.59. The Morgan fingerprint density at radius 3 is 2.86 bits per heavy atom. The fourth-order valence-electron chi connectivity index (χ4n) is 5.16. The van der Waals surface area contributed by atoms with Crippen molar-refractivity contribution >= 4 is 30.0 Å². The number of hydrogen-bond acceptors (Lipinski definition) is 8.